The van der Waals surface area contributed by atoms with Gasteiger partial charge in [0, 0.05) is 37.7 Å². The maximum absolute atomic E-state index is 13.3. The van der Waals surface area contributed by atoms with Crippen molar-refractivity contribution < 1.29 is 19.0 Å². The molecule has 182 valence electrons. The number of halogens is 1. The molecule has 1 amide bonds. The molecule has 5 rings (SSSR count). The molecule has 0 unspecified atom stereocenters. The molecule has 0 radical (unpaired) electrons. The Morgan fingerprint density at radius 3 is 2.68 bits per heavy atom. The predicted octanol–water partition coefficient (Wildman–Crippen LogP) is 3.62. The number of aromatic nitrogens is 1. The number of rotatable bonds is 9. The molecule has 2 saturated carbocycles. The second kappa shape index (κ2) is 9.62. The second-order valence-corrected chi connectivity index (χ2v) is 10.4. The van der Waals surface area contributed by atoms with Crippen LogP contribution in [0.25, 0.3) is 0 Å². The van der Waals surface area contributed by atoms with Crippen LogP contribution in [0.5, 0.6) is 5.88 Å². The molecule has 1 aromatic heterocycles. The summed E-state index contributed by atoms with van der Waals surface area (Å²) in [6, 6.07) is 7.95. The number of benzene rings is 1. The molecule has 2 aliphatic carbocycles. The van der Waals surface area contributed by atoms with Crippen LogP contribution in [0.2, 0.25) is 0 Å². The molecular formula is C27H34FN3O3. The van der Waals surface area contributed by atoms with E-state index in [-0.39, 0.29) is 23.4 Å². The van der Waals surface area contributed by atoms with Gasteiger partial charge in [-0.3, -0.25) is 4.79 Å². The highest BCUT2D eigenvalue weighted by molar-refractivity contribution is 5.73. The summed E-state index contributed by atoms with van der Waals surface area (Å²) in [5.74, 6) is 0.979. The van der Waals surface area contributed by atoms with Crippen LogP contribution < -0.4 is 15.4 Å². The van der Waals surface area contributed by atoms with Crippen LogP contribution in [0.3, 0.4) is 0 Å². The zero-order chi connectivity index (χ0) is 23.7. The summed E-state index contributed by atoms with van der Waals surface area (Å²) >= 11 is 0. The molecule has 1 spiro atoms. The van der Waals surface area contributed by atoms with Crippen LogP contribution in [-0.2, 0) is 17.6 Å². The molecule has 2 heterocycles. The van der Waals surface area contributed by atoms with Crippen molar-refractivity contribution in [3.05, 3.63) is 59.0 Å². The maximum Gasteiger partial charge on any atom is 0.218 e. The highest BCUT2D eigenvalue weighted by Gasteiger charge is 2.46. The molecule has 3 aliphatic rings. The number of amides is 1. The molecule has 1 aliphatic heterocycles. The van der Waals surface area contributed by atoms with E-state index in [0.717, 1.165) is 49.1 Å². The molecule has 0 bridgehead atoms. The number of pyridine rings is 1. The monoisotopic (exact) mass is 467 g/mol. The molecule has 1 aromatic carbocycles. The van der Waals surface area contributed by atoms with Crippen molar-refractivity contribution in [3.8, 4) is 5.88 Å². The summed E-state index contributed by atoms with van der Waals surface area (Å²) in [5.41, 5.74) is 3.01. The van der Waals surface area contributed by atoms with Crippen LogP contribution in [0.1, 0.15) is 68.2 Å². The van der Waals surface area contributed by atoms with Crippen molar-refractivity contribution in [1.29, 1.82) is 0 Å². The minimum atomic E-state index is -0.805. The van der Waals surface area contributed by atoms with Crippen LogP contribution >= 0.6 is 0 Å². The van der Waals surface area contributed by atoms with Crippen molar-refractivity contribution in [2.45, 2.75) is 82.1 Å². The predicted molar refractivity (Wildman–Crippen MR) is 127 cm³/mol. The smallest absolute Gasteiger partial charge is 0.218 e. The van der Waals surface area contributed by atoms with E-state index in [0.29, 0.717) is 18.8 Å². The Morgan fingerprint density at radius 1 is 1.26 bits per heavy atom. The third-order valence-corrected chi connectivity index (χ3v) is 7.48. The van der Waals surface area contributed by atoms with Gasteiger partial charge in [-0.15, -0.1) is 0 Å². The Labute approximate surface area is 200 Å². The first-order valence-electron chi connectivity index (χ1n) is 12.5. The molecule has 34 heavy (non-hydrogen) atoms. The van der Waals surface area contributed by atoms with Gasteiger partial charge in [0.2, 0.25) is 11.8 Å². The lowest BCUT2D eigenvalue weighted by Crippen LogP contribution is -2.52. The fourth-order valence-corrected chi connectivity index (χ4v) is 5.23. The number of ether oxygens (including phenoxy) is 1. The fraction of sp³-hybridized carbons (Fsp3) is 0.556. The van der Waals surface area contributed by atoms with E-state index in [1.165, 1.54) is 37.5 Å². The Hall–Kier alpha value is -2.51. The molecule has 6 nitrogen and oxygen atoms in total. The number of carbonyl (C=O) groups excluding carboxylic acids is 1. The Kier molecular flexibility index (Phi) is 6.58. The van der Waals surface area contributed by atoms with E-state index in [9.17, 15) is 14.3 Å². The largest absolute Gasteiger partial charge is 0.471 e. The van der Waals surface area contributed by atoms with Crippen molar-refractivity contribution >= 4 is 5.91 Å². The van der Waals surface area contributed by atoms with Crippen LogP contribution in [0.15, 0.2) is 36.5 Å². The third-order valence-electron chi connectivity index (χ3n) is 7.48. The molecule has 3 N–H and O–H groups in total. The summed E-state index contributed by atoms with van der Waals surface area (Å²) < 4.78 is 19.7. The van der Waals surface area contributed by atoms with E-state index < -0.39 is 12.1 Å². The number of nitrogens with one attached hydrogen (secondary N) is 2. The molecule has 0 saturated heterocycles. The molecular weight excluding hydrogens is 433 g/mol. The average Bonchev–Trinajstić information content (AvgIpc) is 3.61. The van der Waals surface area contributed by atoms with Gasteiger partial charge in [-0.1, -0.05) is 12.1 Å². The molecule has 3 atom stereocenters. The van der Waals surface area contributed by atoms with Crippen molar-refractivity contribution in [2.24, 2.45) is 5.92 Å². The first-order valence-corrected chi connectivity index (χ1v) is 12.5. The van der Waals surface area contributed by atoms with Crippen LogP contribution in [0.4, 0.5) is 4.39 Å². The normalized spacial score (nSPS) is 22.3. The van der Waals surface area contributed by atoms with E-state index in [4.69, 9.17) is 4.74 Å². The molecule has 2 fully saturated rings. The average molecular weight is 468 g/mol. The fourth-order valence-electron chi connectivity index (χ4n) is 5.23. The number of carbonyl (C=O) groups is 1. The minimum Gasteiger partial charge on any atom is -0.471 e. The van der Waals surface area contributed by atoms with E-state index >= 15 is 0 Å². The van der Waals surface area contributed by atoms with Crippen LogP contribution in [-0.4, -0.2) is 40.3 Å². The standard InChI is InChI=1S/C27H34FN3O3/c1-17(32)31-23(13-19-5-7-21(28)8-6-19)25(33)16-29-24-14-27(9-2-10-27)34-26-22(24)12-20(15-30-26)11-18-3-4-18/h5-8,12,15,18,23-25,29,33H,2-4,9-11,13-14,16H2,1H3,(H,31,32)/t23-,24-,25-/m0/s1. The van der Waals surface area contributed by atoms with Gasteiger partial charge in [0.05, 0.1) is 12.1 Å². The van der Waals surface area contributed by atoms with Gasteiger partial charge < -0.3 is 20.5 Å². The summed E-state index contributed by atoms with van der Waals surface area (Å²) in [7, 11) is 0. The third kappa shape index (κ3) is 5.41. The number of hydrogen-bond donors (Lipinski definition) is 3. The van der Waals surface area contributed by atoms with Gasteiger partial charge in [-0.05, 0) is 80.2 Å². The van der Waals surface area contributed by atoms with E-state index in [1.54, 1.807) is 12.1 Å². The Bertz CT molecular complexity index is 1020. The first kappa shape index (κ1) is 23.2. The number of aliphatic hydroxyl groups is 1. The van der Waals surface area contributed by atoms with Crippen molar-refractivity contribution in [3.63, 3.8) is 0 Å². The number of fused-ring (bicyclic) bond motifs is 1. The topological polar surface area (TPSA) is 83.5 Å². The number of aliphatic hydroxyl groups excluding tert-OH is 1. The van der Waals surface area contributed by atoms with Gasteiger partial charge in [0.1, 0.15) is 11.4 Å². The number of hydrogen-bond acceptors (Lipinski definition) is 5. The summed E-state index contributed by atoms with van der Waals surface area (Å²) in [6.45, 7) is 1.76. The summed E-state index contributed by atoms with van der Waals surface area (Å²) in [4.78, 5) is 16.5. The highest BCUT2D eigenvalue weighted by Crippen LogP contribution is 2.48. The van der Waals surface area contributed by atoms with Gasteiger partial charge in [-0.2, -0.15) is 0 Å². The molecule has 2 aromatic rings. The summed E-state index contributed by atoms with van der Waals surface area (Å²) in [6.07, 6.45) is 9.28. The Morgan fingerprint density at radius 2 is 2.03 bits per heavy atom. The minimum absolute atomic E-state index is 0.0363. The lowest BCUT2D eigenvalue weighted by Gasteiger charge is -2.47. The van der Waals surface area contributed by atoms with Gasteiger partial charge >= 0.3 is 0 Å². The second-order valence-electron chi connectivity index (χ2n) is 10.4. The maximum atomic E-state index is 13.3. The van der Waals surface area contributed by atoms with Crippen molar-refractivity contribution in [2.75, 3.05) is 6.54 Å². The molecule has 7 heteroatoms. The zero-order valence-electron chi connectivity index (χ0n) is 19.7. The van der Waals surface area contributed by atoms with Crippen LogP contribution in [0, 0.1) is 11.7 Å². The zero-order valence-corrected chi connectivity index (χ0v) is 19.7. The van der Waals surface area contributed by atoms with E-state index in [1.807, 2.05) is 6.20 Å². The van der Waals surface area contributed by atoms with E-state index in [2.05, 4.69) is 21.7 Å². The Balaban J connectivity index is 1.29. The SMILES string of the molecule is CC(=O)N[C@@H](Cc1ccc(F)cc1)[C@@H](O)CN[C@H]1CC2(CCC2)Oc2ncc(CC3CC3)cc21. The first-order chi connectivity index (χ1) is 16.4. The quantitative estimate of drug-likeness (QED) is 0.525. The van der Waals surface area contributed by atoms with Crippen molar-refractivity contribution in [1.82, 2.24) is 15.6 Å². The summed E-state index contributed by atoms with van der Waals surface area (Å²) in [5, 5.41) is 17.5. The van der Waals surface area contributed by atoms with Gasteiger partial charge in [-0.25, -0.2) is 9.37 Å². The lowest BCUT2D eigenvalue weighted by molar-refractivity contribution is -0.120. The lowest BCUT2D eigenvalue weighted by atomic mass is 9.73. The van der Waals surface area contributed by atoms with Gasteiger partial charge in [0.15, 0.2) is 0 Å². The number of nitrogens with zero attached hydrogens (tertiary/aromatic N) is 1. The van der Waals surface area contributed by atoms with Gasteiger partial charge in [0.25, 0.3) is 0 Å². The highest BCUT2D eigenvalue weighted by atomic mass is 19.1.